The van der Waals surface area contributed by atoms with Gasteiger partial charge in [-0.3, -0.25) is 0 Å². The normalized spacial score (nSPS) is 13.7. The van der Waals surface area contributed by atoms with E-state index in [4.69, 9.17) is 5.11 Å². The second-order valence-electron chi connectivity index (χ2n) is 2.49. The predicted molar refractivity (Wildman–Crippen MR) is 39.4 cm³/mol. The van der Waals surface area contributed by atoms with Gasteiger partial charge < -0.3 is 10.4 Å². The molecule has 1 unspecified atom stereocenters. The number of hydrogen-bond donors (Lipinski definition) is 2. The summed E-state index contributed by atoms with van der Waals surface area (Å²) in [5.41, 5.74) is 0. The molecule has 1 atom stereocenters. The summed E-state index contributed by atoms with van der Waals surface area (Å²) in [5, 5.41) is 11.8. The van der Waals surface area contributed by atoms with Gasteiger partial charge in [-0.05, 0) is 25.4 Å². The number of rotatable bonds is 5. The van der Waals surface area contributed by atoms with Crippen molar-refractivity contribution in [2.45, 2.75) is 20.3 Å². The van der Waals surface area contributed by atoms with Gasteiger partial charge in [-0.15, -0.1) is 0 Å². The van der Waals surface area contributed by atoms with Crippen molar-refractivity contribution in [2.75, 3.05) is 19.7 Å². The highest BCUT2D eigenvalue weighted by Crippen LogP contribution is 1.87. The number of aliphatic hydroxyl groups is 1. The predicted octanol–water partition coefficient (Wildman–Crippen LogP) is 0.614. The molecule has 0 heterocycles. The van der Waals surface area contributed by atoms with Crippen LogP contribution in [0, 0.1) is 5.92 Å². The monoisotopic (exact) mass is 131 g/mol. The molecule has 9 heavy (non-hydrogen) atoms. The van der Waals surface area contributed by atoms with E-state index in [1.165, 1.54) is 0 Å². The molecule has 0 fully saturated rings. The second-order valence-corrected chi connectivity index (χ2v) is 2.49. The minimum atomic E-state index is 0.288. The maximum atomic E-state index is 8.59. The first-order valence-corrected chi connectivity index (χ1v) is 3.62. The zero-order chi connectivity index (χ0) is 7.11. The van der Waals surface area contributed by atoms with Crippen molar-refractivity contribution in [3.05, 3.63) is 0 Å². The average Bonchev–Trinajstić information content (AvgIpc) is 1.89. The zero-order valence-corrected chi connectivity index (χ0v) is 6.35. The molecule has 0 amide bonds. The minimum absolute atomic E-state index is 0.288. The third-order valence-electron chi connectivity index (χ3n) is 1.23. The summed E-state index contributed by atoms with van der Waals surface area (Å²) in [6.45, 7) is 6.45. The Labute approximate surface area is 57.3 Å². The third-order valence-corrected chi connectivity index (χ3v) is 1.23. The summed E-state index contributed by atoms with van der Waals surface area (Å²) in [6.07, 6.45) is 1.16. The molecule has 2 N–H and O–H groups in total. The SMILES string of the molecule is CCCNCC(C)CO. The van der Waals surface area contributed by atoms with E-state index in [1.54, 1.807) is 0 Å². The Morgan fingerprint density at radius 3 is 2.67 bits per heavy atom. The topological polar surface area (TPSA) is 32.3 Å². The van der Waals surface area contributed by atoms with E-state index in [1.807, 2.05) is 6.92 Å². The maximum absolute atomic E-state index is 8.59. The third kappa shape index (κ3) is 5.80. The molecule has 0 aromatic carbocycles. The highest BCUT2D eigenvalue weighted by molar-refractivity contribution is 4.53. The fourth-order valence-electron chi connectivity index (χ4n) is 0.590. The van der Waals surface area contributed by atoms with Crippen LogP contribution in [0.5, 0.6) is 0 Å². The van der Waals surface area contributed by atoms with E-state index in [0.29, 0.717) is 5.92 Å². The van der Waals surface area contributed by atoms with Crippen LogP contribution in [0.15, 0.2) is 0 Å². The first-order chi connectivity index (χ1) is 4.31. The van der Waals surface area contributed by atoms with Gasteiger partial charge in [0.05, 0.1) is 0 Å². The molecule has 56 valence electrons. The molecule has 0 spiro atoms. The lowest BCUT2D eigenvalue weighted by Crippen LogP contribution is -2.23. The van der Waals surface area contributed by atoms with Gasteiger partial charge in [-0.25, -0.2) is 0 Å². The van der Waals surface area contributed by atoms with Gasteiger partial charge in [0, 0.05) is 6.61 Å². The summed E-state index contributed by atoms with van der Waals surface area (Å²) in [5.74, 6) is 0.400. The van der Waals surface area contributed by atoms with Crippen LogP contribution < -0.4 is 5.32 Å². The lowest BCUT2D eigenvalue weighted by atomic mass is 10.2. The van der Waals surface area contributed by atoms with Gasteiger partial charge >= 0.3 is 0 Å². The highest BCUT2D eigenvalue weighted by atomic mass is 16.3. The lowest BCUT2D eigenvalue weighted by molar-refractivity contribution is 0.234. The summed E-state index contributed by atoms with van der Waals surface area (Å²) in [7, 11) is 0. The highest BCUT2D eigenvalue weighted by Gasteiger charge is 1.95. The van der Waals surface area contributed by atoms with Crippen LogP contribution in [-0.4, -0.2) is 24.8 Å². The van der Waals surface area contributed by atoms with Crippen LogP contribution in [0.4, 0.5) is 0 Å². The fourth-order valence-corrected chi connectivity index (χ4v) is 0.590. The summed E-state index contributed by atoms with van der Waals surface area (Å²) < 4.78 is 0. The molecule has 0 saturated heterocycles. The molecule has 0 aliphatic heterocycles. The molecule has 0 aliphatic rings. The van der Waals surface area contributed by atoms with Crippen LogP contribution in [0.25, 0.3) is 0 Å². The maximum Gasteiger partial charge on any atom is 0.0468 e. The Bertz CT molecular complexity index is 56.9. The Morgan fingerprint density at radius 1 is 1.56 bits per heavy atom. The minimum Gasteiger partial charge on any atom is -0.396 e. The first-order valence-electron chi connectivity index (χ1n) is 3.62. The quantitative estimate of drug-likeness (QED) is 0.536. The number of hydrogen-bond acceptors (Lipinski definition) is 2. The average molecular weight is 131 g/mol. The molecule has 2 nitrogen and oxygen atoms in total. The van der Waals surface area contributed by atoms with Gasteiger partial charge in [0.15, 0.2) is 0 Å². The standard InChI is InChI=1S/C7H17NO/c1-3-4-8-5-7(2)6-9/h7-9H,3-6H2,1-2H3. The molecule has 0 rings (SSSR count). The molecule has 0 bridgehead atoms. The smallest absolute Gasteiger partial charge is 0.0468 e. The van der Waals surface area contributed by atoms with E-state index in [9.17, 15) is 0 Å². The zero-order valence-electron chi connectivity index (χ0n) is 6.35. The van der Waals surface area contributed by atoms with E-state index < -0.39 is 0 Å². The van der Waals surface area contributed by atoms with Crippen molar-refractivity contribution in [1.82, 2.24) is 5.32 Å². The number of nitrogens with one attached hydrogen (secondary N) is 1. The van der Waals surface area contributed by atoms with Gasteiger partial charge in [0.2, 0.25) is 0 Å². The molecular weight excluding hydrogens is 114 g/mol. The summed E-state index contributed by atoms with van der Waals surface area (Å²) >= 11 is 0. The molecule has 0 saturated carbocycles. The van der Waals surface area contributed by atoms with Crippen LogP contribution in [-0.2, 0) is 0 Å². The molecular formula is C7H17NO. The van der Waals surface area contributed by atoms with E-state index >= 15 is 0 Å². The van der Waals surface area contributed by atoms with Gasteiger partial charge in [-0.2, -0.15) is 0 Å². The Morgan fingerprint density at radius 2 is 2.22 bits per heavy atom. The fraction of sp³-hybridized carbons (Fsp3) is 1.00. The number of aliphatic hydroxyl groups excluding tert-OH is 1. The van der Waals surface area contributed by atoms with Crippen LogP contribution in [0.2, 0.25) is 0 Å². The van der Waals surface area contributed by atoms with Crippen molar-refractivity contribution in [2.24, 2.45) is 5.92 Å². The van der Waals surface area contributed by atoms with Crippen molar-refractivity contribution >= 4 is 0 Å². The van der Waals surface area contributed by atoms with Crippen LogP contribution in [0.1, 0.15) is 20.3 Å². The van der Waals surface area contributed by atoms with E-state index in [-0.39, 0.29) is 6.61 Å². The van der Waals surface area contributed by atoms with Gasteiger partial charge in [0.1, 0.15) is 0 Å². The molecule has 0 radical (unpaired) electrons. The van der Waals surface area contributed by atoms with Crippen LogP contribution >= 0.6 is 0 Å². The van der Waals surface area contributed by atoms with E-state index in [0.717, 1.165) is 19.5 Å². The second kappa shape index (κ2) is 6.05. The molecule has 0 aromatic heterocycles. The first kappa shape index (κ1) is 8.92. The Kier molecular flexibility index (Phi) is 5.99. The van der Waals surface area contributed by atoms with Gasteiger partial charge in [-0.1, -0.05) is 13.8 Å². The lowest BCUT2D eigenvalue weighted by Gasteiger charge is -2.07. The van der Waals surface area contributed by atoms with Crippen molar-refractivity contribution in [1.29, 1.82) is 0 Å². The van der Waals surface area contributed by atoms with E-state index in [2.05, 4.69) is 12.2 Å². The summed E-state index contributed by atoms with van der Waals surface area (Å²) in [4.78, 5) is 0. The largest absolute Gasteiger partial charge is 0.396 e. The van der Waals surface area contributed by atoms with Crippen LogP contribution in [0.3, 0.4) is 0 Å². The summed E-state index contributed by atoms with van der Waals surface area (Å²) in [6, 6.07) is 0. The Balaban J connectivity index is 2.88. The van der Waals surface area contributed by atoms with Crippen molar-refractivity contribution < 1.29 is 5.11 Å². The molecule has 2 heteroatoms. The van der Waals surface area contributed by atoms with Gasteiger partial charge in [0.25, 0.3) is 0 Å². The molecule has 0 aliphatic carbocycles. The van der Waals surface area contributed by atoms with Crippen molar-refractivity contribution in [3.8, 4) is 0 Å². The van der Waals surface area contributed by atoms with Crippen molar-refractivity contribution in [3.63, 3.8) is 0 Å². The Hall–Kier alpha value is -0.0800. The molecule has 0 aromatic rings.